The number of aliphatic hydroxyl groups is 1. The molecule has 0 aromatic heterocycles. The minimum absolute atomic E-state index is 0.0309. The molecule has 1 amide bonds. The molecule has 1 saturated heterocycles. The quantitative estimate of drug-likeness (QED) is 0.460. The largest absolute Gasteiger partial charge is 0.396 e. The highest BCUT2D eigenvalue weighted by Gasteiger charge is 2.42. The van der Waals surface area contributed by atoms with Crippen LogP contribution in [0.5, 0.6) is 0 Å². The van der Waals surface area contributed by atoms with Crippen LogP contribution in [0.4, 0.5) is 0 Å². The fourth-order valence-corrected chi connectivity index (χ4v) is 4.05. The standard InChI is InChI=1S/C18H34N4O3/c1-19-16(20-12-17(8-10-23)9-11-25-14-17)21-13-18(6-4-5-7-18)15(24)22(2)3/h23H,4-14H2,1-3H3,(H2,19,20,21). The van der Waals surface area contributed by atoms with Crippen molar-refractivity contribution >= 4 is 11.9 Å². The number of aliphatic imine (C=N–C) groups is 1. The number of ether oxygens (including phenoxy) is 1. The van der Waals surface area contributed by atoms with Crippen LogP contribution in [0.25, 0.3) is 0 Å². The number of hydrogen-bond donors (Lipinski definition) is 3. The van der Waals surface area contributed by atoms with Crippen molar-refractivity contribution in [3.63, 3.8) is 0 Å². The van der Waals surface area contributed by atoms with E-state index in [0.29, 0.717) is 25.7 Å². The van der Waals surface area contributed by atoms with Gasteiger partial charge in [-0.2, -0.15) is 0 Å². The first-order valence-electron chi connectivity index (χ1n) is 9.32. The molecule has 2 rings (SSSR count). The van der Waals surface area contributed by atoms with E-state index in [1.807, 2.05) is 14.1 Å². The Bertz CT molecular complexity index is 467. The SMILES string of the molecule is CN=C(NCC1(CCO)CCOC1)NCC1(C(=O)N(C)C)CCCC1. The molecule has 0 bridgehead atoms. The Labute approximate surface area is 151 Å². The minimum atomic E-state index is -0.319. The number of carbonyl (C=O) groups excluding carboxylic acids is 1. The highest BCUT2D eigenvalue weighted by atomic mass is 16.5. The summed E-state index contributed by atoms with van der Waals surface area (Å²) in [6.45, 7) is 2.89. The number of carbonyl (C=O) groups is 1. The van der Waals surface area contributed by atoms with Gasteiger partial charge in [-0.15, -0.1) is 0 Å². The summed E-state index contributed by atoms with van der Waals surface area (Å²) < 4.78 is 5.53. The average molecular weight is 354 g/mol. The summed E-state index contributed by atoms with van der Waals surface area (Å²) in [7, 11) is 5.40. The summed E-state index contributed by atoms with van der Waals surface area (Å²) in [5.41, 5.74) is -0.350. The Balaban J connectivity index is 1.92. The highest BCUT2D eigenvalue weighted by molar-refractivity contribution is 5.85. The van der Waals surface area contributed by atoms with E-state index in [4.69, 9.17) is 4.74 Å². The first-order valence-corrected chi connectivity index (χ1v) is 9.32. The lowest BCUT2D eigenvalue weighted by atomic mass is 9.84. The molecule has 1 heterocycles. The smallest absolute Gasteiger partial charge is 0.230 e. The lowest BCUT2D eigenvalue weighted by Crippen LogP contribution is -2.50. The molecule has 7 nitrogen and oxygen atoms in total. The average Bonchev–Trinajstić information content (AvgIpc) is 3.25. The van der Waals surface area contributed by atoms with E-state index in [-0.39, 0.29) is 23.3 Å². The summed E-state index contributed by atoms with van der Waals surface area (Å²) in [6.07, 6.45) is 5.72. The first-order chi connectivity index (χ1) is 12.0. The van der Waals surface area contributed by atoms with Crippen LogP contribution in [0.3, 0.4) is 0 Å². The van der Waals surface area contributed by atoms with Crippen molar-refractivity contribution in [2.75, 3.05) is 54.1 Å². The minimum Gasteiger partial charge on any atom is -0.396 e. The zero-order valence-electron chi connectivity index (χ0n) is 15.9. The Hall–Kier alpha value is -1.34. The molecule has 144 valence electrons. The van der Waals surface area contributed by atoms with Crippen molar-refractivity contribution in [1.29, 1.82) is 0 Å². The molecule has 0 aromatic rings. The molecule has 3 N–H and O–H groups in total. The first kappa shape index (κ1) is 20.0. The van der Waals surface area contributed by atoms with Crippen molar-refractivity contribution in [2.45, 2.75) is 38.5 Å². The van der Waals surface area contributed by atoms with Gasteiger partial charge in [-0.3, -0.25) is 9.79 Å². The van der Waals surface area contributed by atoms with Crippen LogP contribution in [0, 0.1) is 10.8 Å². The monoisotopic (exact) mass is 354 g/mol. The van der Waals surface area contributed by atoms with Crippen LogP contribution in [-0.2, 0) is 9.53 Å². The lowest BCUT2D eigenvalue weighted by molar-refractivity contribution is -0.138. The van der Waals surface area contributed by atoms with Crippen molar-refractivity contribution < 1.29 is 14.6 Å². The van der Waals surface area contributed by atoms with Gasteiger partial charge in [-0.25, -0.2) is 0 Å². The third kappa shape index (κ3) is 4.85. The van der Waals surface area contributed by atoms with Gasteiger partial charge in [0.15, 0.2) is 5.96 Å². The van der Waals surface area contributed by atoms with Crippen LogP contribution < -0.4 is 10.6 Å². The molecular formula is C18H34N4O3. The van der Waals surface area contributed by atoms with E-state index in [2.05, 4.69) is 15.6 Å². The van der Waals surface area contributed by atoms with Crippen molar-refractivity contribution in [3.8, 4) is 0 Å². The Morgan fingerprint density at radius 2 is 1.88 bits per heavy atom. The number of amides is 1. The third-order valence-electron chi connectivity index (χ3n) is 5.70. The second-order valence-corrected chi connectivity index (χ2v) is 7.74. The number of nitrogens with zero attached hydrogens (tertiary/aromatic N) is 2. The van der Waals surface area contributed by atoms with Gasteiger partial charge in [-0.1, -0.05) is 12.8 Å². The molecule has 25 heavy (non-hydrogen) atoms. The highest BCUT2D eigenvalue weighted by Crippen LogP contribution is 2.39. The van der Waals surface area contributed by atoms with Crippen molar-refractivity contribution in [2.24, 2.45) is 15.8 Å². The molecule has 1 aliphatic carbocycles. The van der Waals surface area contributed by atoms with E-state index in [9.17, 15) is 9.90 Å². The Kier molecular flexibility index (Phi) is 7.07. The van der Waals surface area contributed by atoms with Gasteiger partial charge >= 0.3 is 0 Å². The lowest BCUT2D eigenvalue weighted by Gasteiger charge is -2.32. The number of rotatable bonds is 7. The van der Waals surface area contributed by atoms with E-state index in [0.717, 1.165) is 45.1 Å². The van der Waals surface area contributed by atoms with Gasteiger partial charge in [0.25, 0.3) is 0 Å². The number of nitrogens with one attached hydrogen (secondary N) is 2. The van der Waals surface area contributed by atoms with E-state index in [1.165, 1.54) is 0 Å². The number of aliphatic hydroxyl groups excluding tert-OH is 1. The van der Waals surface area contributed by atoms with E-state index < -0.39 is 0 Å². The van der Waals surface area contributed by atoms with Crippen molar-refractivity contribution in [3.05, 3.63) is 0 Å². The fraction of sp³-hybridized carbons (Fsp3) is 0.889. The van der Waals surface area contributed by atoms with Gasteiger partial charge in [0.05, 0.1) is 12.0 Å². The predicted octanol–water partition coefficient (Wildman–Crippen LogP) is 0.589. The summed E-state index contributed by atoms with van der Waals surface area (Å²) in [4.78, 5) is 18.7. The molecule has 1 aliphatic heterocycles. The van der Waals surface area contributed by atoms with Crippen LogP contribution in [0.2, 0.25) is 0 Å². The summed E-state index contributed by atoms with van der Waals surface area (Å²) in [5, 5.41) is 16.1. The van der Waals surface area contributed by atoms with Gasteiger partial charge in [-0.05, 0) is 25.7 Å². The Morgan fingerprint density at radius 3 is 2.40 bits per heavy atom. The maximum atomic E-state index is 12.7. The van der Waals surface area contributed by atoms with E-state index >= 15 is 0 Å². The molecule has 1 saturated carbocycles. The number of guanidine groups is 1. The molecule has 1 atom stereocenters. The Morgan fingerprint density at radius 1 is 1.20 bits per heavy atom. The summed E-state index contributed by atoms with van der Waals surface area (Å²) >= 11 is 0. The van der Waals surface area contributed by atoms with Gasteiger partial charge in [0, 0.05) is 52.9 Å². The zero-order chi connectivity index (χ0) is 18.3. The van der Waals surface area contributed by atoms with Crippen LogP contribution in [0.15, 0.2) is 4.99 Å². The number of hydrogen-bond acceptors (Lipinski definition) is 4. The van der Waals surface area contributed by atoms with Crippen LogP contribution in [-0.4, -0.2) is 75.9 Å². The third-order valence-corrected chi connectivity index (χ3v) is 5.70. The maximum absolute atomic E-state index is 12.7. The van der Waals surface area contributed by atoms with Gasteiger partial charge in [0.1, 0.15) is 0 Å². The molecular weight excluding hydrogens is 320 g/mol. The second-order valence-electron chi connectivity index (χ2n) is 7.74. The van der Waals surface area contributed by atoms with Crippen LogP contribution in [0.1, 0.15) is 38.5 Å². The molecule has 0 aromatic carbocycles. The maximum Gasteiger partial charge on any atom is 0.230 e. The summed E-state index contributed by atoms with van der Waals surface area (Å²) in [5.74, 6) is 0.913. The van der Waals surface area contributed by atoms with Gasteiger partial charge in [0.2, 0.25) is 5.91 Å². The molecule has 0 spiro atoms. The van der Waals surface area contributed by atoms with E-state index in [1.54, 1.807) is 11.9 Å². The van der Waals surface area contributed by atoms with Crippen molar-refractivity contribution in [1.82, 2.24) is 15.5 Å². The normalized spacial score (nSPS) is 25.8. The molecule has 1 unspecified atom stereocenters. The second kappa shape index (κ2) is 8.85. The fourth-order valence-electron chi connectivity index (χ4n) is 4.05. The molecule has 7 heteroatoms. The topological polar surface area (TPSA) is 86.2 Å². The molecule has 2 aliphatic rings. The zero-order valence-corrected chi connectivity index (χ0v) is 15.9. The van der Waals surface area contributed by atoms with Gasteiger partial charge < -0.3 is 25.4 Å². The van der Waals surface area contributed by atoms with Crippen LogP contribution >= 0.6 is 0 Å². The summed E-state index contributed by atoms with van der Waals surface area (Å²) in [6, 6.07) is 0. The predicted molar refractivity (Wildman–Crippen MR) is 98.5 cm³/mol. The molecule has 0 radical (unpaired) electrons. The molecule has 2 fully saturated rings.